The summed E-state index contributed by atoms with van der Waals surface area (Å²) in [5.41, 5.74) is 5.05. The zero-order valence-corrected chi connectivity index (χ0v) is 23.5. The molecule has 0 amide bonds. The summed E-state index contributed by atoms with van der Waals surface area (Å²) in [6.45, 7) is 4.24. The Kier molecular flexibility index (Phi) is 6.27. The number of nitrogens with zero attached hydrogens (tertiary/aromatic N) is 6. The van der Waals surface area contributed by atoms with Gasteiger partial charge in [0.05, 0.1) is 15.6 Å². The van der Waals surface area contributed by atoms with E-state index >= 15 is 0 Å². The Morgan fingerprint density at radius 2 is 1.76 bits per heavy atom. The van der Waals surface area contributed by atoms with Crippen LogP contribution >= 0.6 is 11.3 Å². The summed E-state index contributed by atoms with van der Waals surface area (Å²) in [5, 5.41) is 12.7. The van der Waals surface area contributed by atoms with E-state index in [2.05, 4.69) is 32.4 Å². The Bertz CT molecular complexity index is 1770. The summed E-state index contributed by atoms with van der Waals surface area (Å²) in [7, 11) is 0. The smallest absolute Gasteiger partial charge is 0.317 e. The van der Waals surface area contributed by atoms with Crippen molar-refractivity contribution in [1.29, 1.82) is 0 Å². The van der Waals surface area contributed by atoms with Gasteiger partial charge in [-0.1, -0.05) is 73.5 Å². The predicted molar refractivity (Wildman–Crippen MR) is 157 cm³/mol. The highest BCUT2D eigenvalue weighted by atomic mass is 32.1. The van der Waals surface area contributed by atoms with Gasteiger partial charge in [-0.05, 0) is 18.4 Å². The van der Waals surface area contributed by atoms with Gasteiger partial charge in [-0.15, -0.1) is 16.4 Å². The van der Waals surface area contributed by atoms with Crippen LogP contribution in [-0.4, -0.2) is 42.8 Å². The van der Waals surface area contributed by atoms with Gasteiger partial charge in [-0.25, -0.2) is 15.0 Å². The molecule has 0 saturated heterocycles. The number of carbonyl (C=O) groups excluding carboxylic acids is 1. The number of nitrogens with one attached hydrogen (secondary N) is 1. The summed E-state index contributed by atoms with van der Waals surface area (Å²) >= 11 is 1.61. The fourth-order valence-electron chi connectivity index (χ4n) is 4.87. The molecular weight excluding hydrogens is 534 g/mol. The Morgan fingerprint density at radius 3 is 2.51 bits per heavy atom. The zero-order valence-electron chi connectivity index (χ0n) is 22.7. The van der Waals surface area contributed by atoms with E-state index in [1.54, 1.807) is 11.3 Å². The summed E-state index contributed by atoms with van der Waals surface area (Å²) in [5.74, 6) is 0.962. The molecule has 5 aromatic rings. The van der Waals surface area contributed by atoms with E-state index in [4.69, 9.17) is 14.4 Å². The second-order valence-corrected chi connectivity index (χ2v) is 11.6. The standard InChI is InChI=1S/C31H27N7O2S/c1-3-23-32-16-20(17-33-23)26-25(35-29(41-26)31(2)13-14-31)28-37-38-30(40-28)36-27-22(39)15-19-11-7-8-12-21(19)24(34-27)18-9-5-4-6-10-18/h4-12,16-17,27H,3,13-15H2,1-2H3,(H,36,38)/t27-/m0/s1. The lowest BCUT2D eigenvalue weighted by Crippen LogP contribution is -2.29. The third kappa shape index (κ3) is 4.84. The number of hydrogen-bond acceptors (Lipinski definition) is 10. The van der Waals surface area contributed by atoms with Gasteiger partial charge in [0.15, 0.2) is 11.9 Å². The van der Waals surface area contributed by atoms with E-state index in [0.717, 1.165) is 62.9 Å². The Labute approximate surface area is 240 Å². The normalized spacial score (nSPS) is 17.5. The fraction of sp³-hybridized carbons (Fsp3) is 0.258. The second kappa shape index (κ2) is 10.1. The lowest BCUT2D eigenvalue weighted by molar-refractivity contribution is -0.119. The maximum atomic E-state index is 13.4. The van der Waals surface area contributed by atoms with Crippen LogP contribution in [0, 0.1) is 0 Å². The van der Waals surface area contributed by atoms with Crippen molar-refractivity contribution in [2.24, 2.45) is 4.99 Å². The second-order valence-electron chi connectivity index (χ2n) is 10.6. The third-order valence-electron chi connectivity index (χ3n) is 7.56. The average Bonchev–Trinajstić information content (AvgIpc) is 3.40. The van der Waals surface area contributed by atoms with Crippen molar-refractivity contribution in [3.05, 3.63) is 94.5 Å². The van der Waals surface area contributed by atoms with Crippen LogP contribution in [0.25, 0.3) is 22.0 Å². The number of fused-ring (bicyclic) bond motifs is 1. The van der Waals surface area contributed by atoms with Crippen LogP contribution in [0.3, 0.4) is 0 Å². The molecule has 1 N–H and O–H groups in total. The molecule has 1 saturated carbocycles. The van der Waals surface area contributed by atoms with Gasteiger partial charge in [0.1, 0.15) is 11.5 Å². The van der Waals surface area contributed by atoms with E-state index in [0.29, 0.717) is 5.69 Å². The van der Waals surface area contributed by atoms with E-state index in [1.165, 1.54) is 0 Å². The molecule has 1 atom stereocenters. The lowest BCUT2D eigenvalue weighted by Gasteiger charge is -2.11. The molecule has 1 aliphatic carbocycles. The number of Topliss-reactive ketones (excluding diaryl/α,β-unsaturated/α-hetero) is 1. The first kappa shape index (κ1) is 25.4. The Balaban J connectivity index is 1.23. The molecule has 0 bridgehead atoms. The number of rotatable bonds is 7. The number of anilines is 1. The molecule has 0 radical (unpaired) electrons. The highest BCUT2D eigenvalue weighted by Gasteiger charge is 2.43. The average molecular weight is 562 g/mol. The highest BCUT2D eigenvalue weighted by molar-refractivity contribution is 7.15. The van der Waals surface area contributed by atoms with E-state index in [9.17, 15) is 4.79 Å². The monoisotopic (exact) mass is 561 g/mol. The molecule has 1 fully saturated rings. The van der Waals surface area contributed by atoms with Crippen molar-refractivity contribution in [3.63, 3.8) is 0 Å². The van der Waals surface area contributed by atoms with Crippen LogP contribution in [0.4, 0.5) is 6.01 Å². The molecular formula is C31H27N7O2S. The summed E-state index contributed by atoms with van der Waals surface area (Å²) in [6.07, 6.45) is 5.93. The molecule has 10 heteroatoms. The molecule has 9 nitrogen and oxygen atoms in total. The van der Waals surface area contributed by atoms with Crippen molar-refractivity contribution in [3.8, 4) is 22.0 Å². The van der Waals surface area contributed by atoms with Crippen LogP contribution in [0.5, 0.6) is 0 Å². The Hall–Kier alpha value is -4.57. The minimum atomic E-state index is -0.892. The van der Waals surface area contributed by atoms with Gasteiger partial charge in [-0.2, -0.15) is 0 Å². The summed E-state index contributed by atoms with van der Waals surface area (Å²) in [4.78, 5) is 33.0. The summed E-state index contributed by atoms with van der Waals surface area (Å²) < 4.78 is 6.08. The number of benzene rings is 2. The first-order chi connectivity index (χ1) is 20.0. The van der Waals surface area contributed by atoms with E-state index in [-0.39, 0.29) is 29.5 Å². The van der Waals surface area contributed by atoms with Crippen molar-refractivity contribution in [2.45, 2.75) is 51.1 Å². The number of hydrogen-bond donors (Lipinski definition) is 1. The summed E-state index contributed by atoms with van der Waals surface area (Å²) in [6, 6.07) is 17.8. The molecule has 2 aliphatic rings. The van der Waals surface area contributed by atoms with Crippen molar-refractivity contribution in [2.75, 3.05) is 5.32 Å². The molecule has 41 heavy (non-hydrogen) atoms. The molecule has 4 heterocycles. The third-order valence-corrected chi connectivity index (χ3v) is 8.97. The zero-order chi connectivity index (χ0) is 28.0. The number of aliphatic imine (C=N–C) groups is 1. The van der Waals surface area contributed by atoms with Crippen molar-refractivity contribution >= 4 is 28.8 Å². The quantitative estimate of drug-likeness (QED) is 0.270. The van der Waals surface area contributed by atoms with E-state index in [1.807, 2.05) is 73.9 Å². The lowest BCUT2D eigenvalue weighted by atomic mass is 9.96. The van der Waals surface area contributed by atoms with Crippen LogP contribution in [0.2, 0.25) is 0 Å². The minimum absolute atomic E-state index is 0.0628. The largest absolute Gasteiger partial charge is 0.402 e. The number of thiazole rings is 1. The maximum absolute atomic E-state index is 13.4. The minimum Gasteiger partial charge on any atom is -0.402 e. The highest BCUT2D eigenvalue weighted by Crippen LogP contribution is 2.51. The number of aryl methyl sites for hydroxylation is 1. The van der Waals surface area contributed by atoms with Crippen LogP contribution in [-0.2, 0) is 23.1 Å². The molecule has 7 rings (SSSR count). The molecule has 1 aliphatic heterocycles. The van der Waals surface area contributed by atoms with Crippen LogP contribution < -0.4 is 5.32 Å². The van der Waals surface area contributed by atoms with Crippen LogP contribution in [0.1, 0.15) is 54.2 Å². The fourth-order valence-corrected chi connectivity index (χ4v) is 6.10. The molecule has 0 unspecified atom stereocenters. The number of carbonyl (C=O) groups is 1. The molecule has 0 spiro atoms. The van der Waals surface area contributed by atoms with Gasteiger partial charge >= 0.3 is 6.01 Å². The Morgan fingerprint density at radius 1 is 1.00 bits per heavy atom. The molecule has 2 aromatic carbocycles. The van der Waals surface area contributed by atoms with Gasteiger partial charge < -0.3 is 9.73 Å². The van der Waals surface area contributed by atoms with E-state index < -0.39 is 6.17 Å². The van der Waals surface area contributed by atoms with Gasteiger partial charge in [-0.3, -0.25) is 9.79 Å². The van der Waals surface area contributed by atoms with Crippen LogP contribution in [0.15, 0.2) is 76.4 Å². The van der Waals surface area contributed by atoms with Crippen molar-refractivity contribution < 1.29 is 9.21 Å². The molecule has 3 aromatic heterocycles. The topological polar surface area (TPSA) is 119 Å². The first-order valence-corrected chi connectivity index (χ1v) is 14.5. The van der Waals surface area contributed by atoms with Gasteiger partial charge in [0.2, 0.25) is 0 Å². The first-order valence-electron chi connectivity index (χ1n) is 13.7. The predicted octanol–water partition coefficient (Wildman–Crippen LogP) is 5.66. The number of ketones is 1. The van der Waals surface area contributed by atoms with Crippen molar-refractivity contribution in [1.82, 2.24) is 25.1 Å². The number of aromatic nitrogens is 5. The van der Waals surface area contributed by atoms with Gasteiger partial charge in [0.25, 0.3) is 5.89 Å². The maximum Gasteiger partial charge on any atom is 0.317 e. The SMILES string of the molecule is CCc1ncc(-c2sc(C3(C)CC3)nc2-c2nnc(N[C@@H]3N=C(c4ccccc4)c4ccccc4CC3=O)o2)cn1. The molecule has 204 valence electrons. The van der Waals surface area contributed by atoms with Gasteiger partial charge in [0, 0.05) is 47.3 Å².